The van der Waals surface area contributed by atoms with Crippen molar-refractivity contribution in [3.63, 3.8) is 0 Å². The van der Waals surface area contributed by atoms with E-state index < -0.39 is 0 Å². The third kappa shape index (κ3) is 3.63. The van der Waals surface area contributed by atoms with E-state index in [2.05, 4.69) is 5.32 Å². The fourth-order valence-corrected chi connectivity index (χ4v) is 1.77. The van der Waals surface area contributed by atoms with Crippen LogP contribution < -0.4 is 10.1 Å². The quantitative estimate of drug-likeness (QED) is 0.823. The molecular weight excluding hydrogens is 232 g/mol. The number of carbonyl (C=O) groups excluding carboxylic acids is 1. The van der Waals surface area contributed by atoms with Gasteiger partial charge in [0.25, 0.3) is 5.91 Å². The van der Waals surface area contributed by atoms with Crippen molar-refractivity contribution in [2.24, 2.45) is 0 Å². The van der Waals surface area contributed by atoms with Crippen LogP contribution >= 0.6 is 0 Å². The SMILES string of the molecule is COc1cccc(C(=O)NC(C)CN(C)C)c1O. The largest absolute Gasteiger partial charge is 0.504 e. The van der Waals surface area contributed by atoms with Crippen LogP contribution in [0.3, 0.4) is 0 Å². The molecule has 0 saturated heterocycles. The number of phenols is 1. The molecule has 0 spiro atoms. The van der Waals surface area contributed by atoms with Gasteiger partial charge in [0, 0.05) is 12.6 Å². The predicted molar refractivity (Wildman–Crippen MR) is 70.1 cm³/mol. The van der Waals surface area contributed by atoms with Gasteiger partial charge in [-0.15, -0.1) is 0 Å². The van der Waals surface area contributed by atoms with Crippen LogP contribution in [0.2, 0.25) is 0 Å². The van der Waals surface area contributed by atoms with Crippen LogP contribution in [-0.4, -0.2) is 49.7 Å². The van der Waals surface area contributed by atoms with Crippen LogP contribution in [0.4, 0.5) is 0 Å². The van der Waals surface area contributed by atoms with Gasteiger partial charge in [0.2, 0.25) is 0 Å². The second kappa shape index (κ2) is 6.26. The van der Waals surface area contributed by atoms with E-state index in [-0.39, 0.29) is 23.3 Å². The standard InChI is InChI=1S/C13H20N2O3/c1-9(8-15(2)3)14-13(17)10-6-5-7-11(18-4)12(10)16/h5-7,9,16H,8H2,1-4H3,(H,14,17). The van der Waals surface area contributed by atoms with Crippen molar-refractivity contribution in [1.29, 1.82) is 0 Å². The molecule has 0 bridgehead atoms. The molecule has 1 amide bonds. The number of likely N-dealkylation sites (N-methyl/N-ethyl adjacent to an activating group) is 1. The first-order chi connectivity index (χ1) is 8.45. The van der Waals surface area contributed by atoms with E-state index in [0.717, 1.165) is 6.54 Å². The van der Waals surface area contributed by atoms with E-state index >= 15 is 0 Å². The molecule has 5 heteroatoms. The summed E-state index contributed by atoms with van der Waals surface area (Å²) in [4.78, 5) is 14.0. The highest BCUT2D eigenvalue weighted by Gasteiger charge is 2.16. The number of para-hydroxylation sites is 1. The Balaban J connectivity index is 2.78. The van der Waals surface area contributed by atoms with E-state index in [4.69, 9.17) is 4.74 Å². The summed E-state index contributed by atoms with van der Waals surface area (Å²) in [5.41, 5.74) is 0.222. The summed E-state index contributed by atoms with van der Waals surface area (Å²) in [6.45, 7) is 2.64. The lowest BCUT2D eigenvalue weighted by atomic mass is 10.1. The van der Waals surface area contributed by atoms with Gasteiger partial charge in [-0.25, -0.2) is 0 Å². The van der Waals surface area contributed by atoms with Crippen LogP contribution in [0.5, 0.6) is 11.5 Å². The number of phenolic OH excluding ortho intramolecular Hbond substituents is 1. The molecule has 2 N–H and O–H groups in total. The number of rotatable bonds is 5. The number of hydrogen-bond acceptors (Lipinski definition) is 4. The number of amides is 1. The van der Waals surface area contributed by atoms with Crippen LogP contribution in [0, 0.1) is 0 Å². The lowest BCUT2D eigenvalue weighted by Gasteiger charge is -2.18. The van der Waals surface area contributed by atoms with Gasteiger partial charge in [-0.05, 0) is 33.2 Å². The molecule has 5 nitrogen and oxygen atoms in total. The van der Waals surface area contributed by atoms with E-state index in [1.54, 1.807) is 18.2 Å². The maximum Gasteiger partial charge on any atom is 0.255 e. The molecule has 18 heavy (non-hydrogen) atoms. The zero-order valence-electron chi connectivity index (χ0n) is 11.2. The summed E-state index contributed by atoms with van der Waals surface area (Å²) in [6.07, 6.45) is 0. The van der Waals surface area contributed by atoms with Gasteiger partial charge in [-0.1, -0.05) is 6.07 Å². The van der Waals surface area contributed by atoms with Gasteiger partial charge in [0.05, 0.1) is 12.7 Å². The summed E-state index contributed by atoms with van der Waals surface area (Å²) < 4.78 is 4.97. The van der Waals surface area contributed by atoms with Gasteiger partial charge >= 0.3 is 0 Å². The first-order valence-corrected chi connectivity index (χ1v) is 5.77. The molecule has 1 atom stereocenters. The van der Waals surface area contributed by atoms with E-state index in [0.29, 0.717) is 5.75 Å². The summed E-state index contributed by atoms with van der Waals surface area (Å²) >= 11 is 0. The zero-order valence-corrected chi connectivity index (χ0v) is 11.2. The Bertz CT molecular complexity index is 419. The Morgan fingerprint density at radius 3 is 2.72 bits per heavy atom. The Hall–Kier alpha value is -1.75. The van der Waals surface area contributed by atoms with Crippen molar-refractivity contribution in [2.75, 3.05) is 27.7 Å². The van der Waals surface area contributed by atoms with Crippen molar-refractivity contribution < 1.29 is 14.6 Å². The summed E-state index contributed by atoms with van der Waals surface area (Å²) in [5, 5.41) is 12.7. The highest BCUT2D eigenvalue weighted by atomic mass is 16.5. The monoisotopic (exact) mass is 252 g/mol. The molecule has 0 aliphatic carbocycles. The van der Waals surface area contributed by atoms with Crippen LogP contribution in [0.15, 0.2) is 18.2 Å². The molecule has 0 aromatic heterocycles. The molecule has 0 saturated carbocycles. The number of nitrogens with zero attached hydrogens (tertiary/aromatic N) is 1. The Labute approximate surface area is 107 Å². The third-order valence-electron chi connectivity index (χ3n) is 2.48. The lowest BCUT2D eigenvalue weighted by Crippen LogP contribution is -2.39. The fraction of sp³-hybridized carbons (Fsp3) is 0.462. The average Bonchev–Trinajstić information content (AvgIpc) is 2.27. The number of aromatic hydroxyl groups is 1. The second-order valence-corrected chi connectivity index (χ2v) is 4.49. The normalized spacial score (nSPS) is 12.3. The van der Waals surface area contributed by atoms with E-state index in [1.807, 2.05) is 25.9 Å². The molecule has 0 aliphatic rings. The number of carbonyl (C=O) groups is 1. The molecule has 0 fully saturated rings. The zero-order chi connectivity index (χ0) is 13.7. The Kier molecular flexibility index (Phi) is 4.97. The summed E-state index contributed by atoms with van der Waals surface area (Å²) in [6, 6.07) is 4.84. The molecule has 1 rings (SSSR count). The van der Waals surface area contributed by atoms with Crippen molar-refractivity contribution in [3.05, 3.63) is 23.8 Å². The van der Waals surface area contributed by atoms with Gasteiger partial charge < -0.3 is 20.1 Å². The van der Waals surface area contributed by atoms with Crippen LogP contribution in [0.1, 0.15) is 17.3 Å². The van der Waals surface area contributed by atoms with Crippen molar-refractivity contribution in [3.8, 4) is 11.5 Å². The molecule has 0 heterocycles. The average molecular weight is 252 g/mol. The summed E-state index contributed by atoms with van der Waals surface area (Å²) in [7, 11) is 5.32. The molecule has 1 unspecified atom stereocenters. The minimum absolute atomic E-state index is 0.00176. The second-order valence-electron chi connectivity index (χ2n) is 4.49. The van der Waals surface area contributed by atoms with Crippen molar-refractivity contribution in [2.45, 2.75) is 13.0 Å². The van der Waals surface area contributed by atoms with Crippen molar-refractivity contribution >= 4 is 5.91 Å². The number of ether oxygens (including phenoxy) is 1. The molecule has 0 aliphatic heterocycles. The van der Waals surface area contributed by atoms with Crippen LogP contribution in [0.25, 0.3) is 0 Å². The number of hydrogen-bond donors (Lipinski definition) is 2. The van der Waals surface area contributed by atoms with Gasteiger partial charge in [-0.3, -0.25) is 4.79 Å². The number of methoxy groups -OCH3 is 1. The van der Waals surface area contributed by atoms with Crippen LogP contribution in [-0.2, 0) is 0 Å². The van der Waals surface area contributed by atoms with Gasteiger partial charge in [0.15, 0.2) is 11.5 Å². The Morgan fingerprint density at radius 2 is 2.17 bits per heavy atom. The maximum absolute atomic E-state index is 12.0. The first kappa shape index (κ1) is 14.3. The van der Waals surface area contributed by atoms with Gasteiger partial charge in [-0.2, -0.15) is 0 Å². The van der Waals surface area contributed by atoms with E-state index in [9.17, 15) is 9.90 Å². The lowest BCUT2D eigenvalue weighted by molar-refractivity contribution is 0.0931. The summed E-state index contributed by atoms with van der Waals surface area (Å²) in [5.74, 6) is -0.141. The molecule has 1 aromatic rings. The smallest absolute Gasteiger partial charge is 0.255 e. The Morgan fingerprint density at radius 1 is 1.50 bits per heavy atom. The molecule has 0 radical (unpaired) electrons. The highest BCUT2D eigenvalue weighted by molar-refractivity contribution is 5.97. The highest BCUT2D eigenvalue weighted by Crippen LogP contribution is 2.29. The third-order valence-corrected chi connectivity index (χ3v) is 2.48. The maximum atomic E-state index is 12.0. The first-order valence-electron chi connectivity index (χ1n) is 5.77. The number of benzene rings is 1. The van der Waals surface area contributed by atoms with E-state index in [1.165, 1.54) is 7.11 Å². The molecular formula is C13H20N2O3. The molecule has 1 aromatic carbocycles. The minimum Gasteiger partial charge on any atom is -0.504 e. The molecule has 100 valence electrons. The predicted octanol–water partition coefficient (Wildman–Crippen LogP) is 1.08. The topological polar surface area (TPSA) is 61.8 Å². The van der Waals surface area contributed by atoms with Crippen molar-refractivity contribution in [1.82, 2.24) is 10.2 Å². The minimum atomic E-state index is -0.305. The number of nitrogens with one attached hydrogen (secondary N) is 1. The van der Waals surface area contributed by atoms with Gasteiger partial charge in [0.1, 0.15) is 0 Å². The fourth-order valence-electron chi connectivity index (χ4n) is 1.77.